The monoisotopic (exact) mass is 260 g/mol. The van der Waals surface area contributed by atoms with Gasteiger partial charge in [-0.05, 0) is 12.8 Å². The Bertz CT molecular complexity index is 242. The molecule has 1 aliphatic heterocycles. The Morgan fingerprint density at radius 2 is 1.81 bits per heavy atom. The van der Waals surface area contributed by atoms with Crippen LogP contribution in [0.2, 0.25) is 0 Å². The first kappa shape index (κ1) is 13.9. The average Bonchev–Trinajstić information content (AvgIpc) is 2.23. The van der Waals surface area contributed by atoms with E-state index in [4.69, 9.17) is 0 Å². The molecule has 0 N–H and O–H groups in total. The third kappa shape index (κ3) is 4.78. The number of hydrogen-bond acceptors (Lipinski definition) is 3. The summed E-state index contributed by atoms with van der Waals surface area (Å²) in [6, 6.07) is -0.0448. The van der Waals surface area contributed by atoms with E-state index in [-0.39, 0.29) is 6.03 Å². The van der Waals surface area contributed by atoms with Crippen molar-refractivity contribution >= 4 is 33.9 Å². The summed E-state index contributed by atoms with van der Waals surface area (Å²) in [5, 5.41) is 1.04. The summed E-state index contributed by atoms with van der Waals surface area (Å²) in [7, 11) is 0. The second-order valence-electron chi connectivity index (χ2n) is 3.76. The molecule has 1 saturated heterocycles. The van der Waals surface area contributed by atoms with Gasteiger partial charge in [0.15, 0.2) is 0 Å². The Kier molecular flexibility index (Phi) is 6.96. The first-order chi connectivity index (χ1) is 7.77. The molecule has 0 aromatic heterocycles. The van der Waals surface area contributed by atoms with Crippen LogP contribution in [0.25, 0.3) is 0 Å². The molecule has 0 aliphatic carbocycles. The van der Waals surface area contributed by atoms with Crippen LogP contribution in [-0.4, -0.2) is 33.5 Å². The first-order valence-electron chi connectivity index (χ1n) is 5.91. The second kappa shape index (κ2) is 8.01. The van der Waals surface area contributed by atoms with Gasteiger partial charge in [-0.2, -0.15) is 4.99 Å². The maximum Gasteiger partial charge on any atom is 0.345 e. The molecule has 0 unspecified atom stereocenters. The molecule has 0 aromatic carbocycles. The Morgan fingerprint density at radius 1 is 1.25 bits per heavy atom. The highest BCUT2D eigenvalue weighted by Crippen LogP contribution is 2.32. The Balaban J connectivity index is 2.41. The van der Waals surface area contributed by atoms with Gasteiger partial charge in [0.1, 0.15) is 4.38 Å². The minimum atomic E-state index is -0.0448. The number of amides is 2. The van der Waals surface area contributed by atoms with E-state index < -0.39 is 0 Å². The van der Waals surface area contributed by atoms with Crippen LogP contribution in [0.5, 0.6) is 0 Å². The van der Waals surface area contributed by atoms with E-state index in [0.29, 0.717) is 0 Å². The van der Waals surface area contributed by atoms with Crippen molar-refractivity contribution in [1.29, 1.82) is 0 Å². The summed E-state index contributed by atoms with van der Waals surface area (Å²) < 4.78 is 0.933. The standard InChI is InChI=1S/C11H20N2OS2/c1-3-5-7-13(8-6-4-2)10(14)12-11-15-9-16-11/h3-9H2,1-2H3. The van der Waals surface area contributed by atoms with Crippen LogP contribution in [0.15, 0.2) is 4.99 Å². The second-order valence-corrected chi connectivity index (χ2v) is 6.31. The molecule has 2 amide bonds. The van der Waals surface area contributed by atoms with Gasteiger partial charge in [0.25, 0.3) is 0 Å². The van der Waals surface area contributed by atoms with Crippen molar-refractivity contribution in [2.75, 3.05) is 18.2 Å². The van der Waals surface area contributed by atoms with Crippen molar-refractivity contribution in [3.8, 4) is 0 Å². The summed E-state index contributed by atoms with van der Waals surface area (Å²) in [4.78, 5) is 17.9. The normalized spacial score (nSPS) is 14.5. The molecule has 0 bridgehead atoms. The molecule has 5 heteroatoms. The largest absolute Gasteiger partial charge is 0.345 e. The van der Waals surface area contributed by atoms with Crippen LogP contribution >= 0.6 is 23.5 Å². The zero-order chi connectivity index (χ0) is 11.8. The van der Waals surface area contributed by atoms with E-state index in [1.165, 1.54) is 0 Å². The highest BCUT2D eigenvalue weighted by atomic mass is 32.3. The van der Waals surface area contributed by atoms with Crippen LogP contribution in [0.1, 0.15) is 39.5 Å². The molecule has 0 saturated carbocycles. The zero-order valence-corrected chi connectivity index (χ0v) is 11.7. The van der Waals surface area contributed by atoms with Crippen LogP contribution in [0.4, 0.5) is 4.79 Å². The Morgan fingerprint density at radius 3 is 2.19 bits per heavy atom. The Labute approximate surface area is 106 Å². The third-order valence-corrected chi connectivity index (χ3v) is 4.71. The average molecular weight is 260 g/mol. The summed E-state index contributed by atoms with van der Waals surface area (Å²) in [5.41, 5.74) is 0. The van der Waals surface area contributed by atoms with E-state index in [2.05, 4.69) is 18.8 Å². The van der Waals surface area contributed by atoms with Gasteiger partial charge in [0.2, 0.25) is 0 Å². The first-order valence-corrected chi connectivity index (χ1v) is 7.88. The lowest BCUT2D eigenvalue weighted by atomic mass is 10.3. The quantitative estimate of drug-likeness (QED) is 0.728. The van der Waals surface area contributed by atoms with Gasteiger partial charge < -0.3 is 4.90 Å². The van der Waals surface area contributed by atoms with Gasteiger partial charge in [-0.15, -0.1) is 0 Å². The van der Waals surface area contributed by atoms with Crippen LogP contribution in [0, 0.1) is 0 Å². The molecule has 1 rings (SSSR count). The van der Waals surface area contributed by atoms with Crippen LogP contribution in [0.3, 0.4) is 0 Å². The van der Waals surface area contributed by atoms with Gasteiger partial charge in [0, 0.05) is 13.1 Å². The number of urea groups is 1. The molecular weight excluding hydrogens is 240 g/mol. The lowest BCUT2D eigenvalue weighted by Gasteiger charge is -2.21. The number of nitrogens with zero attached hydrogens (tertiary/aromatic N) is 2. The lowest BCUT2D eigenvalue weighted by Crippen LogP contribution is -2.31. The van der Waals surface area contributed by atoms with E-state index >= 15 is 0 Å². The predicted molar refractivity (Wildman–Crippen MR) is 74.3 cm³/mol. The summed E-state index contributed by atoms with van der Waals surface area (Å²) in [6.07, 6.45) is 4.38. The zero-order valence-electron chi connectivity index (χ0n) is 10.1. The number of rotatable bonds is 6. The van der Waals surface area contributed by atoms with E-state index in [1.54, 1.807) is 23.5 Å². The smallest absolute Gasteiger partial charge is 0.323 e. The van der Waals surface area contributed by atoms with Gasteiger partial charge in [-0.3, -0.25) is 0 Å². The number of unbranched alkanes of at least 4 members (excludes halogenated alkanes) is 2. The lowest BCUT2D eigenvalue weighted by molar-refractivity contribution is 0.206. The van der Waals surface area contributed by atoms with Crippen LogP contribution < -0.4 is 0 Å². The maximum absolute atomic E-state index is 11.9. The molecule has 1 aliphatic rings. The van der Waals surface area contributed by atoms with Gasteiger partial charge >= 0.3 is 6.03 Å². The molecule has 0 aromatic rings. The fourth-order valence-electron chi connectivity index (χ4n) is 1.33. The number of thioether (sulfide) groups is 2. The van der Waals surface area contributed by atoms with Gasteiger partial charge in [-0.1, -0.05) is 50.2 Å². The molecule has 16 heavy (non-hydrogen) atoms. The maximum atomic E-state index is 11.9. The number of carbonyl (C=O) groups excluding carboxylic acids is 1. The van der Waals surface area contributed by atoms with Crippen molar-refractivity contribution in [2.45, 2.75) is 39.5 Å². The van der Waals surface area contributed by atoms with E-state index in [9.17, 15) is 4.79 Å². The molecule has 92 valence electrons. The predicted octanol–water partition coefficient (Wildman–Crippen LogP) is 3.80. The van der Waals surface area contributed by atoms with Crippen molar-refractivity contribution in [3.05, 3.63) is 0 Å². The van der Waals surface area contributed by atoms with Crippen molar-refractivity contribution < 1.29 is 4.79 Å². The summed E-state index contributed by atoms with van der Waals surface area (Å²) in [6.45, 7) is 5.99. The fraction of sp³-hybridized carbons (Fsp3) is 0.818. The summed E-state index contributed by atoms with van der Waals surface area (Å²) in [5.74, 6) is 0. The molecule has 0 atom stereocenters. The highest BCUT2D eigenvalue weighted by Gasteiger charge is 2.17. The van der Waals surface area contributed by atoms with E-state index in [1.807, 2.05) is 4.90 Å². The molecule has 1 heterocycles. The fourth-order valence-corrected chi connectivity index (χ4v) is 2.50. The highest BCUT2D eigenvalue weighted by molar-refractivity contribution is 8.52. The van der Waals surface area contributed by atoms with E-state index in [0.717, 1.165) is 48.2 Å². The molecule has 0 spiro atoms. The van der Waals surface area contributed by atoms with Gasteiger partial charge in [0.05, 0.1) is 5.08 Å². The van der Waals surface area contributed by atoms with Crippen molar-refractivity contribution in [2.24, 2.45) is 4.99 Å². The minimum Gasteiger partial charge on any atom is -0.323 e. The van der Waals surface area contributed by atoms with Gasteiger partial charge in [-0.25, -0.2) is 4.79 Å². The molecule has 0 radical (unpaired) electrons. The number of hydrogen-bond donors (Lipinski definition) is 0. The minimum absolute atomic E-state index is 0.0448. The SMILES string of the molecule is CCCCN(CCCC)C(=O)N=C1SCS1. The molecule has 3 nitrogen and oxygen atoms in total. The molecular formula is C11H20N2OS2. The third-order valence-electron chi connectivity index (χ3n) is 2.39. The topological polar surface area (TPSA) is 32.7 Å². The number of carbonyl (C=O) groups is 1. The molecule has 1 fully saturated rings. The summed E-state index contributed by atoms with van der Waals surface area (Å²) >= 11 is 3.33. The van der Waals surface area contributed by atoms with Crippen molar-refractivity contribution in [3.63, 3.8) is 0 Å². The Hall–Kier alpha value is -0.160. The van der Waals surface area contributed by atoms with Crippen molar-refractivity contribution in [1.82, 2.24) is 4.90 Å². The number of aliphatic imine (C=N–C) groups is 1. The van der Waals surface area contributed by atoms with Crippen LogP contribution in [-0.2, 0) is 0 Å².